The van der Waals surface area contributed by atoms with Crippen molar-refractivity contribution in [1.82, 2.24) is 4.90 Å². The SMILES string of the molecule is CC(C(=O)Nc1ccc([N+](=O)[O-])cc1Cl)N1CCN(c2ccccc2Cl)CC1. The number of hydrogen-bond donors (Lipinski definition) is 1. The molecular weight excluding hydrogens is 403 g/mol. The van der Waals surface area contributed by atoms with Crippen molar-refractivity contribution in [3.63, 3.8) is 0 Å². The van der Waals surface area contributed by atoms with E-state index in [1.54, 1.807) is 0 Å². The van der Waals surface area contributed by atoms with Crippen LogP contribution in [0.15, 0.2) is 42.5 Å². The third kappa shape index (κ3) is 4.55. The number of para-hydroxylation sites is 1. The van der Waals surface area contributed by atoms with E-state index in [1.165, 1.54) is 18.2 Å². The van der Waals surface area contributed by atoms with E-state index >= 15 is 0 Å². The van der Waals surface area contributed by atoms with E-state index in [0.29, 0.717) is 18.8 Å². The number of nitro benzene ring substituents is 1. The second-order valence-corrected chi connectivity index (χ2v) is 7.38. The third-order valence-corrected chi connectivity index (χ3v) is 5.49. The first-order valence-corrected chi connectivity index (χ1v) is 9.60. The number of anilines is 2. The maximum atomic E-state index is 12.6. The predicted molar refractivity (Wildman–Crippen MR) is 111 cm³/mol. The van der Waals surface area contributed by atoms with Crippen LogP contribution >= 0.6 is 23.2 Å². The lowest BCUT2D eigenvalue weighted by Crippen LogP contribution is -2.52. The molecule has 1 unspecified atom stereocenters. The Morgan fingerprint density at radius 3 is 2.39 bits per heavy atom. The molecule has 1 fully saturated rings. The molecule has 7 nitrogen and oxygen atoms in total. The van der Waals surface area contributed by atoms with Crippen molar-refractivity contribution in [2.75, 3.05) is 36.4 Å². The number of non-ortho nitro benzene ring substituents is 1. The summed E-state index contributed by atoms with van der Waals surface area (Å²) in [6.07, 6.45) is 0. The maximum absolute atomic E-state index is 12.6. The largest absolute Gasteiger partial charge is 0.368 e. The molecule has 2 aromatic rings. The molecule has 0 spiro atoms. The number of nitrogens with zero attached hydrogens (tertiary/aromatic N) is 3. The van der Waals surface area contributed by atoms with E-state index in [2.05, 4.69) is 15.1 Å². The van der Waals surface area contributed by atoms with Gasteiger partial charge in [-0.25, -0.2) is 0 Å². The van der Waals surface area contributed by atoms with Gasteiger partial charge in [0.1, 0.15) is 0 Å². The molecule has 0 saturated carbocycles. The molecule has 1 heterocycles. The molecule has 0 bridgehead atoms. The van der Waals surface area contributed by atoms with Gasteiger partial charge in [0.15, 0.2) is 0 Å². The Labute approximate surface area is 173 Å². The monoisotopic (exact) mass is 422 g/mol. The van der Waals surface area contributed by atoms with Gasteiger partial charge in [0.2, 0.25) is 5.91 Å². The number of nitro groups is 1. The highest BCUT2D eigenvalue weighted by molar-refractivity contribution is 6.34. The van der Waals surface area contributed by atoms with Crippen LogP contribution in [0.1, 0.15) is 6.92 Å². The molecule has 1 amide bonds. The van der Waals surface area contributed by atoms with Crippen molar-refractivity contribution in [2.45, 2.75) is 13.0 Å². The smallest absolute Gasteiger partial charge is 0.271 e. The molecule has 1 aliphatic rings. The maximum Gasteiger partial charge on any atom is 0.271 e. The average Bonchev–Trinajstić information content (AvgIpc) is 2.69. The Balaban J connectivity index is 1.59. The van der Waals surface area contributed by atoms with Crippen LogP contribution in [0.3, 0.4) is 0 Å². The quantitative estimate of drug-likeness (QED) is 0.580. The van der Waals surface area contributed by atoms with Gasteiger partial charge in [-0.05, 0) is 25.1 Å². The van der Waals surface area contributed by atoms with Crippen LogP contribution in [-0.2, 0) is 4.79 Å². The number of carbonyl (C=O) groups excluding carboxylic acids is 1. The minimum absolute atomic E-state index is 0.119. The van der Waals surface area contributed by atoms with Gasteiger partial charge in [-0.1, -0.05) is 35.3 Å². The van der Waals surface area contributed by atoms with E-state index < -0.39 is 4.92 Å². The Hall–Kier alpha value is -2.35. The lowest BCUT2D eigenvalue weighted by atomic mass is 10.2. The van der Waals surface area contributed by atoms with Gasteiger partial charge in [0.05, 0.1) is 32.4 Å². The van der Waals surface area contributed by atoms with Crippen LogP contribution in [0, 0.1) is 10.1 Å². The highest BCUT2D eigenvalue weighted by Crippen LogP contribution is 2.28. The molecular formula is C19H20Cl2N4O3. The Morgan fingerprint density at radius 1 is 1.11 bits per heavy atom. The first-order valence-electron chi connectivity index (χ1n) is 8.85. The Kier molecular flexibility index (Phi) is 6.39. The van der Waals surface area contributed by atoms with Gasteiger partial charge >= 0.3 is 0 Å². The zero-order chi connectivity index (χ0) is 20.3. The first kappa shape index (κ1) is 20.4. The summed E-state index contributed by atoms with van der Waals surface area (Å²) < 4.78 is 0. The number of nitrogens with one attached hydrogen (secondary N) is 1. The van der Waals surface area contributed by atoms with Crippen molar-refractivity contribution in [2.24, 2.45) is 0 Å². The van der Waals surface area contributed by atoms with E-state index in [-0.39, 0.29) is 22.7 Å². The van der Waals surface area contributed by atoms with E-state index in [9.17, 15) is 14.9 Å². The molecule has 1 atom stereocenters. The molecule has 0 aliphatic carbocycles. The van der Waals surface area contributed by atoms with Crippen molar-refractivity contribution in [3.05, 3.63) is 62.6 Å². The summed E-state index contributed by atoms with van der Waals surface area (Å²) in [5, 5.41) is 14.4. The first-order chi connectivity index (χ1) is 13.4. The summed E-state index contributed by atoms with van der Waals surface area (Å²) in [5.74, 6) is -0.207. The fraction of sp³-hybridized carbons (Fsp3) is 0.316. The van der Waals surface area contributed by atoms with Gasteiger partial charge in [0.25, 0.3) is 5.69 Å². The fourth-order valence-corrected chi connectivity index (χ4v) is 3.66. The summed E-state index contributed by atoms with van der Waals surface area (Å²) in [6, 6.07) is 11.3. The molecule has 28 heavy (non-hydrogen) atoms. The molecule has 148 valence electrons. The second-order valence-electron chi connectivity index (χ2n) is 6.56. The molecule has 9 heteroatoms. The van der Waals surface area contributed by atoms with E-state index in [0.717, 1.165) is 23.8 Å². The van der Waals surface area contributed by atoms with E-state index in [1.807, 2.05) is 31.2 Å². The van der Waals surface area contributed by atoms with Crippen molar-refractivity contribution in [1.29, 1.82) is 0 Å². The van der Waals surface area contributed by atoms with Crippen LogP contribution in [0.4, 0.5) is 17.1 Å². The van der Waals surface area contributed by atoms with Crippen molar-refractivity contribution >= 4 is 46.2 Å². The van der Waals surface area contributed by atoms with Crippen LogP contribution in [0.5, 0.6) is 0 Å². The molecule has 0 radical (unpaired) electrons. The van der Waals surface area contributed by atoms with E-state index in [4.69, 9.17) is 23.2 Å². The molecule has 3 rings (SSSR count). The van der Waals surface area contributed by atoms with Gasteiger partial charge in [-0.15, -0.1) is 0 Å². The predicted octanol–water partition coefficient (Wildman–Crippen LogP) is 4.05. The summed E-state index contributed by atoms with van der Waals surface area (Å²) in [5.41, 5.74) is 1.24. The molecule has 2 aromatic carbocycles. The third-order valence-electron chi connectivity index (χ3n) is 4.86. The molecule has 1 N–H and O–H groups in total. The minimum Gasteiger partial charge on any atom is -0.368 e. The lowest BCUT2D eigenvalue weighted by molar-refractivity contribution is -0.384. The second kappa shape index (κ2) is 8.77. The summed E-state index contributed by atoms with van der Waals surface area (Å²) in [4.78, 5) is 27.2. The number of carbonyl (C=O) groups is 1. The summed E-state index contributed by atoms with van der Waals surface area (Å²) in [6.45, 7) is 4.79. The topological polar surface area (TPSA) is 78.7 Å². The number of rotatable bonds is 5. The minimum atomic E-state index is -0.529. The van der Waals surface area contributed by atoms with Crippen LogP contribution in [0.2, 0.25) is 10.0 Å². The lowest BCUT2D eigenvalue weighted by Gasteiger charge is -2.38. The van der Waals surface area contributed by atoms with Crippen LogP contribution < -0.4 is 10.2 Å². The number of halogens is 2. The van der Waals surface area contributed by atoms with Crippen molar-refractivity contribution < 1.29 is 9.72 Å². The number of piperazine rings is 1. The average molecular weight is 423 g/mol. The fourth-order valence-electron chi connectivity index (χ4n) is 3.18. The summed E-state index contributed by atoms with van der Waals surface area (Å²) in [7, 11) is 0. The van der Waals surface area contributed by atoms with Gasteiger partial charge < -0.3 is 10.2 Å². The van der Waals surface area contributed by atoms with Gasteiger partial charge in [-0.3, -0.25) is 19.8 Å². The highest BCUT2D eigenvalue weighted by atomic mass is 35.5. The Morgan fingerprint density at radius 2 is 1.79 bits per heavy atom. The number of benzene rings is 2. The highest BCUT2D eigenvalue weighted by Gasteiger charge is 2.26. The standard InChI is InChI=1S/C19H20Cl2N4O3/c1-13(19(26)22-17-7-6-14(25(27)28)12-16(17)21)23-8-10-24(11-9-23)18-5-3-2-4-15(18)20/h2-7,12-13H,8-11H2,1H3,(H,22,26). The van der Waals surface area contributed by atoms with Gasteiger partial charge in [0, 0.05) is 38.3 Å². The van der Waals surface area contributed by atoms with Gasteiger partial charge in [-0.2, -0.15) is 0 Å². The Bertz CT molecular complexity index is 885. The van der Waals surface area contributed by atoms with Crippen LogP contribution in [-0.4, -0.2) is 48.0 Å². The zero-order valence-electron chi connectivity index (χ0n) is 15.3. The molecule has 1 saturated heterocycles. The van der Waals surface area contributed by atoms with Crippen molar-refractivity contribution in [3.8, 4) is 0 Å². The number of hydrogen-bond acceptors (Lipinski definition) is 5. The normalized spacial score (nSPS) is 15.9. The molecule has 0 aromatic heterocycles. The zero-order valence-corrected chi connectivity index (χ0v) is 16.8. The van der Waals surface area contributed by atoms with Crippen LogP contribution in [0.25, 0.3) is 0 Å². The summed E-state index contributed by atoms with van der Waals surface area (Å²) >= 11 is 12.3. The number of amides is 1. The molecule has 1 aliphatic heterocycles.